The van der Waals surface area contributed by atoms with E-state index in [4.69, 9.17) is 4.98 Å². The summed E-state index contributed by atoms with van der Waals surface area (Å²) in [6.07, 6.45) is 0. The predicted molar refractivity (Wildman–Crippen MR) is 98.4 cm³/mol. The largest absolute Gasteiger partial charge is 0.319 e. The molecular formula is C20H15BrN2. The molecule has 0 bridgehead atoms. The highest BCUT2D eigenvalue weighted by molar-refractivity contribution is 9.10. The summed E-state index contributed by atoms with van der Waals surface area (Å²) >= 11 is 3.66. The molecule has 1 heterocycles. The average molecular weight is 363 g/mol. The fourth-order valence-electron chi connectivity index (χ4n) is 2.85. The van der Waals surface area contributed by atoms with E-state index in [1.165, 1.54) is 5.56 Å². The van der Waals surface area contributed by atoms with Crippen LogP contribution in [-0.4, -0.2) is 9.55 Å². The predicted octanol–water partition coefficient (Wildman–Crippen LogP) is 5.51. The van der Waals surface area contributed by atoms with Crippen molar-refractivity contribution in [1.82, 2.24) is 9.55 Å². The van der Waals surface area contributed by atoms with Gasteiger partial charge < -0.3 is 4.57 Å². The van der Waals surface area contributed by atoms with Crippen molar-refractivity contribution in [1.29, 1.82) is 0 Å². The lowest BCUT2D eigenvalue weighted by Gasteiger charge is -2.10. The van der Waals surface area contributed by atoms with Gasteiger partial charge in [-0.05, 0) is 23.8 Å². The van der Waals surface area contributed by atoms with Crippen LogP contribution in [0.3, 0.4) is 0 Å². The van der Waals surface area contributed by atoms with E-state index in [1.54, 1.807) is 0 Å². The van der Waals surface area contributed by atoms with E-state index in [0.29, 0.717) is 0 Å². The second-order valence-corrected chi connectivity index (χ2v) is 6.33. The minimum atomic E-state index is 0.804. The maximum absolute atomic E-state index is 4.87. The lowest BCUT2D eigenvalue weighted by atomic mass is 10.2. The number of fused-ring (bicyclic) bond motifs is 1. The third-order valence-corrected chi connectivity index (χ3v) is 4.64. The smallest absolute Gasteiger partial charge is 0.142 e. The van der Waals surface area contributed by atoms with E-state index in [0.717, 1.165) is 33.4 Å². The van der Waals surface area contributed by atoms with E-state index in [2.05, 4.69) is 75.1 Å². The number of benzene rings is 3. The Labute approximate surface area is 143 Å². The summed E-state index contributed by atoms with van der Waals surface area (Å²) in [6.45, 7) is 0.804. The highest BCUT2D eigenvalue weighted by Crippen LogP contribution is 2.30. The topological polar surface area (TPSA) is 17.8 Å². The number of nitrogens with zero attached hydrogens (tertiary/aromatic N) is 2. The summed E-state index contributed by atoms with van der Waals surface area (Å²) in [5.74, 6) is 0.988. The third-order valence-electron chi connectivity index (χ3n) is 3.95. The molecule has 0 atom stereocenters. The van der Waals surface area contributed by atoms with Gasteiger partial charge in [-0.3, -0.25) is 0 Å². The molecule has 23 heavy (non-hydrogen) atoms. The molecule has 3 heteroatoms. The summed E-state index contributed by atoms with van der Waals surface area (Å²) in [6, 6.07) is 27.0. The van der Waals surface area contributed by atoms with Crippen LogP contribution in [0.5, 0.6) is 0 Å². The molecule has 2 nitrogen and oxygen atoms in total. The van der Waals surface area contributed by atoms with Crippen molar-refractivity contribution in [2.24, 2.45) is 0 Å². The first-order chi connectivity index (χ1) is 11.3. The van der Waals surface area contributed by atoms with Crippen LogP contribution in [0.1, 0.15) is 5.56 Å². The zero-order chi connectivity index (χ0) is 15.6. The molecule has 0 aliphatic heterocycles. The van der Waals surface area contributed by atoms with Gasteiger partial charge in [0.25, 0.3) is 0 Å². The first-order valence-corrected chi connectivity index (χ1v) is 8.36. The Morgan fingerprint density at radius 2 is 1.48 bits per heavy atom. The molecule has 4 aromatic rings. The van der Waals surface area contributed by atoms with Gasteiger partial charge in [-0.25, -0.2) is 4.98 Å². The molecule has 0 aliphatic rings. The van der Waals surface area contributed by atoms with Gasteiger partial charge in [-0.2, -0.15) is 0 Å². The number of halogens is 1. The van der Waals surface area contributed by atoms with E-state index in [1.807, 2.05) is 24.3 Å². The van der Waals surface area contributed by atoms with Crippen LogP contribution in [-0.2, 0) is 6.54 Å². The quantitative estimate of drug-likeness (QED) is 0.469. The van der Waals surface area contributed by atoms with Crippen LogP contribution < -0.4 is 0 Å². The van der Waals surface area contributed by atoms with Crippen LogP contribution in [0.15, 0.2) is 83.3 Å². The van der Waals surface area contributed by atoms with Crippen molar-refractivity contribution in [3.05, 3.63) is 88.9 Å². The molecule has 112 valence electrons. The molecule has 0 aliphatic carbocycles. The SMILES string of the molecule is Brc1ccccc1-c1nc2ccccc2n1Cc1ccccc1. The Morgan fingerprint density at radius 1 is 0.783 bits per heavy atom. The molecule has 3 aromatic carbocycles. The lowest BCUT2D eigenvalue weighted by molar-refractivity contribution is 0.834. The molecule has 0 N–H and O–H groups in total. The Morgan fingerprint density at radius 3 is 2.30 bits per heavy atom. The average Bonchev–Trinajstić information content (AvgIpc) is 2.95. The molecule has 0 amide bonds. The molecule has 0 fully saturated rings. The van der Waals surface area contributed by atoms with Gasteiger partial charge in [0.1, 0.15) is 5.82 Å². The molecule has 0 saturated heterocycles. The van der Waals surface area contributed by atoms with Crippen LogP contribution in [0.25, 0.3) is 22.4 Å². The van der Waals surface area contributed by atoms with Crippen molar-refractivity contribution < 1.29 is 0 Å². The van der Waals surface area contributed by atoms with Crippen LogP contribution in [0.2, 0.25) is 0 Å². The highest BCUT2D eigenvalue weighted by atomic mass is 79.9. The summed E-state index contributed by atoms with van der Waals surface area (Å²) in [5, 5.41) is 0. The summed E-state index contributed by atoms with van der Waals surface area (Å²) in [7, 11) is 0. The van der Waals surface area contributed by atoms with E-state index >= 15 is 0 Å². The van der Waals surface area contributed by atoms with Crippen molar-refractivity contribution in [2.45, 2.75) is 6.54 Å². The maximum Gasteiger partial charge on any atom is 0.142 e. The zero-order valence-electron chi connectivity index (χ0n) is 12.5. The Bertz CT molecular complexity index is 958. The number of para-hydroxylation sites is 2. The lowest BCUT2D eigenvalue weighted by Crippen LogP contribution is -2.02. The Hall–Kier alpha value is -2.39. The standard InChI is InChI=1S/C20H15BrN2/c21-17-11-5-4-10-16(17)20-22-18-12-6-7-13-19(18)23(20)14-15-8-2-1-3-9-15/h1-13H,14H2. The highest BCUT2D eigenvalue weighted by Gasteiger charge is 2.14. The van der Waals surface area contributed by atoms with E-state index in [9.17, 15) is 0 Å². The van der Waals surface area contributed by atoms with E-state index < -0.39 is 0 Å². The van der Waals surface area contributed by atoms with Crippen LogP contribution >= 0.6 is 15.9 Å². The van der Waals surface area contributed by atoms with Gasteiger partial charge >= 0.3 is 0 Å². The molecule has 0 unspecified atom stereocenters. The number of imidazole rings is 1. The van der Waals surface area contributed by atoms with Gasteiger partial charge in [0.15, 0.2) is 0 Å². The number of hydrogen-bond acceptors (Lipinski definition) is 1. The molecule has 0 saturated carbocycles. The van der Waals surface area contributed by atoms with Gasteiger partial charge in [-0.1, -0.05) is 76.6 Å². The minimum absolute atomic E-state index is 0.804. The molecule has 0 radical (unpaired) electrons. The third kappa shape index (κ3) is 2.68. The first-order valence-electron chi connectivity index (χ1n) is 7.57. The van der Waals surface area contributed by atoms with Gasteiger partial charge in [0, 0.05) is 16.6 Å². The normalized spacial score (nSPS) is 11.0. The van der Waals surface area contributed by atoms with Gasteiger partial charge in [0.2, 0.25) is 0 Å². The first kappa shape index (κ1) is 14.2. The maximum atomic E-state index is 4.87. The fraction of sp³-hybridized carbons (Fsp3) is 0.0500. The number of aromatic nitrogens is 2. The molecule has 1 aromatic heterocycles. The van der Waals surface area contributed by atoms with Crippen LogP contribution in [0, 0.1) is 0 Å². The number of rotatable bonds is 3. The Kier molecular flexibility index (Phi) is 3.72. The molecule has 4 rings (SSSR count). The fourth-order valence-corrected chi connectivity index (χ4v) is 3.31. The Balaban J connectivity index is 1.93. The number of hydrogen-bond donors (Lipinski definition) is 0. The summed E-state index contributed by atoms with van der Waals surface area (Å²) in [5.41, 5.74) is 4.56. The van der Waals surface area contributed by atoms with Crippen molar-refractivity contribution in [3.8, 4) is 11.4 Å². The zero-order valence-corrected chi connectivity index (χ0v) is 14.1. The van der Waals surface area contributed by atoms with Gasteiger partial charge in [0.05, 0.1) is 11.0 Å². The monoisotopic (exact) mass is 362 g/mol. The van der Waals surface area contributed by atoms with Crippen molar-refractivity contribution >= 4 is 27.0 Å². The second-order valence-electron chi connectivity index (χ2n) is 5.48. The van der Waals surface area contributed by atoms with Crippen molar-refractivity contribution in [3.63, 3.8) is 0 Å². The second kappa shape index (κ2) is 6.01. The summed E-state index contributed by atoms with van der Waals surface area (Å²) in [4.78, 5) is 4.87. The van der Waals surface area contributed by atoms with Crippen molar-refractivity contribution in [2.75, 3.05) is 0 Å². The van der Waals surface area contributed by atoms with Gasteiger partial charge in [-0.15, -0.1) is 0 Å². The molecule has 0 spiro atoms. The minimum Gasteiger partial charge on any atom is -0.319 e. The molecular weight excluding hydrogens is 348 g/mol. The summed E-state index contributed by atoms with van der Waals surface area (Å²) < 4.78 is 3.34. The van der Waals surface area contributed by atoms with Crippen LogP contribution in [0.4, 0.5) is 0 Å². The van der Waals surface area contributed by atoms with E-state index in [-0.39, 0.29) is 0 Å².